The number of rotatable bonds is 2. The summed E-state index contributed by atoms with van der Waals surface area (Å²) in [6.07, 6.45) is 2.89. The number of anilines is 1. The van der Waals surface area contributed by atoms with E-state index in [1.54, 1.807) is 0 Å². The smallest absolute Gasteiger partial charge is 0.330 e. The molecule has 1 fully saturated rings. The minimum atomic E-state index is 0.159. The summed E-state index contributed by atoms with van der Waals surface area (Å²) in [7, 11) is 2.28. The lowest BCUT2D eigenvalue weighted by Crippen LogP contribution is -2.74. The molecule has 2 heterocycles. The maximum absolute atomic E-state index is 2.63. The minimum absolute atomic E-state index is 0.159. The van der Waals surface area contributed by atoms with Crippen molar-refractivity contribution >= 4 is 19.7 Å². The zero-order valence-electron chi connectivity index (χ0n) is 17.0. The summed E-state index contributed by atoms with van der Waals surface area (Å²) >= 11 is 0. The molecule has 0 amide bonds. The molecule has 1 aromatic carbocycles. The molecular formula is C19H35B2N3. The van der Waals surface area contributed by atoms with Crippen LogP contribution in [0.5, 0.6) is 0 Å². The van der Waals surface area contributed by atoms with Gasteiger partial charge in [0.1, 0.15) is 0 Å². The van der Waals surface area contributed by atoms with Gasteiger partial charge < -0.3 is 14.3 Å². The van der Waals surface area contributed by atoms with E-state index in [1.165, 1.54) is 24.1 Å². The molecule has 1 atom stereocenters. The summed E-state index contributed by atoms with van der Waals surface area (Å²) in [6.45, 7) is 18.1. The van der Waals surface area contributed by atoms with Gasteiger partial charge in [-0.05, 0) is 31.6 Å². The Kier molecular flexibility index (Phi) is 6.09. The fourth-order valence-corrected chi connectivity index (χ4v) is 4.52. The quantitative estimate of drug-likeness (QED) is 0.745. The van der Waals surface area contributed by atoms with Crippen molar-refractivity contribution in [3.8, 4) is 0 Å². The van der Waals surface area contributed by atoms with Gasteiger partial charge in [0.25, 0.3) is 6.98 Å². The predicted octanol–water partition coefficient (Wildman–Crippen LogP) is 4.42. The first-order valence-electron chi connectivity index (χ1n) is 9.68. The van der Waals surface area contributed by atoms with E-state index in [9.17, 15) is 0 Å². The molecule has 0 spiro atoms. The molecule has 3 rings (SSSR count). The Morgan fingerprint density at radius 1 is 1.04 bits per heavy atom. The van der Waals surface area contributed by atoms with Gasteiger partial charge in [-0.3, -0.25) is 0 Å². The number of hydrogen-bond donors (Lipinski definition) is 0. The van der Waals surface area contributed by atoms with E-state index in [2.05, 4.69) is 93.9 Å². The van der Waals surface area contributed by atoms with Crippen LogP contribution in [0.15, 0.2) is 24.3 Å². The zero-order chi connectivity index (χ0) is 18.1. The molecule has 0 aromatic heterocycles. The predicted molar refractivity (Wildman–Crippen MR) is 110 cm³/mol. The van der Waals surface area contributed by atoms with Crippen molar-refractivity contribution in [1.29, 1.82) is 0 Å². The van der Waals surface area contributed by atoms with Crippen LogP contribution in [0.1, 0.15) is 53.0 Å². The second kappa shape index (κ2) is 7.53. The fourth-order valence-electron chi connectivity index (χ4n) is 4.52. The number of benzene rings is 1. The van der Waals surface area contributed by atoms with Crippen molar-refractivity contribution < 1.29 is 0 Å². The van der Waals surface area contributed by atoms with E-state index in [4.69, 9.17) is 0 Å². The number of nitrogens with zero attached hydrogens (tertiary/aromatic N) is 3. The molecule has 0 saturated carbocycles. The van der Waals surface area contributed by atoms with Crippen molar-refractivity contribution in [2.24, 2.45) is 0 Å². The number of likely N-dealkylation sites (N-methyl/N-ethyl adjacent to an activating group) is 1. The van der Waals surface area contributed by atoms with Crippen LogP contribution < -0.4 is 4.81 Å². The maximum atomic E-state index is 2.63. The first-order chi connectivity index (χ1) is 11.3. The molecular weight excluding hydrogens is 292 g/mol. The van der Waals surface area contributed by atoms with Gasteiger partial charge in [-0.25, -0.2) is 0 Å². The molecule has 1 saturated heterocycles. The van der Waals surface area contributed by atoms with Crippen LogP contribution in [0, 0.1) is 0 Å². The summed E-state index contributed by atoms with van der Waals surface area (Å²) in [5.41, 5.74) is 3.06. The molecule has 1 aromatic rings. The lowest BCUT2D eigenvalue weighted by atomic mass is 9.55. The normalized spacial score (nSPS) is 22.8. The monoisotopic (exact) mass is 327 g/mol. The average molecular weight is 327 g/mol. The van der Waals surface area contributed by atoms with Crippen LogP contribution in [0.2, 0.25) is 13.6 Å². The highest BCUT2D eigenvalue weighted by molar-refractivity contribution is 6.74. The number of para-hydroxylation sites is 1. The fraction of sp³-hybridized carbons (Fsp3) is 0.684. The summed E-state index contributed by atoms with van der Waals surface area (Å²) in [5, 5.41) is 0. The van der Waals surface area contributed by atoms with Gasteiger partial charge in [-0.15, -0.1) is 0 Å². The minimum Gasteiger partial charge on any atom is -0.386 e. The second-order valence-corrected chi connectivity index (χ2v) is 7.89. The van der Waals surface area contributed by atoms with Crippen LogP contribution in [0.4, 0.5) is 5.69 Å². The summed E-state index contributed by atoms with van der Waals surface area (Å²) in [5.74, 6) is 0. The zero-order valence-corrected chi connectivity index (χ0v) is 17.0. The van der Waals surface area contributed by atoms with Gasteiger partial charge in [0.15, 0.2) is 0 Å². The Hall–Kier alpha value is -0.930. The lowest BCUT2D eigenvalue weighted by Gasteiger charge is -2.54. The largest absolute Gasteiger partial charge is 0.386 e. The molecule has 24 heavy (non-hydrogen) atoms. The third-order valence-electron chi connectivity index (χ3n) is 5.60. The molecule has 2 aliphatic heterocycles. The summed E-state index contributed by atoms with van der Waals surface area (Å²) < 4.78 is 2.62. The molecule has 0 bridgehead atoms. The van der Waals surface area contributed by atoms with Gasteiger partial charge in [0.2, 0.25) is 0 Å². The first-order valence-corrected chi connectivity index (χ1v) is 9.68. The Labute approximate surface area is 150 Å². The Balaban J connectivity index is 0.000000647. The van der Waals surface area contributed by atoms with Crippen LogP contribution in [0.25, 0.3) is 0 Å². The van der Waals surface area contributed by atoms with E-state index in [0.29, 0.717) is 20.1 Å². The molecule has 132 valence electrons. The maximum Gasteiger partial charge on any atom is 0.330 e. The van der Waals surface area contributed by atoms with E-state index in [1.807, 2.05) is 0 Å². The van der Waals surface area contributed by atoms with Gasteiger partial charge in [0, 0.05) is 11.1 Å². The van der Waals surface area contributed by atoms with Crippen molar-refractivity contribution in [2.45, 2.75) is 72.7 Å². The van der Waals surface area contributed by atoms with Crippen molar-refractivity contribution in [3.05, 3.63) is 29.8 Å². The van der Waals surface area contributed by atoms with Crippen LogP contribution in [-0.4, -0.2) is 43.3 Å². The molecule has 0 N–H and O–H groups in total. The highest BCUT2D eigenvalue weighted by Gasteiger charge is 2.55. The second-order valence-electron chi connectivity index (χ2n) is 7.89. The SMILES string of the molecule is CCC.CCCN1B(C)N(C)C2N(B1C)c1ccccc1C2(C)C. The Morgan fingerprint density at radius 3 is 2.21 bits per heavy atom. The molecule has 1 unspecified atom stereocenters. The first kappa shape index (κ1) is 19.4. The molecule has 5 heteroatoms. The lowest BCUT2D eigenvalue weighted by molar-refractivity contribution is 0.253. The van der Waals surface area contributed by atoms with Crippen molar-refractivity contribution in [1.82, 2.24) is 9.53 Å². The topological polar surface area (TPSA) is 9.72 Å². The van der Waals surface area contributed by atoms with Crippen LogP contribution in [0.3, 0.4) is 0 Å². The third-order valence-corrected chi connectivity index (χ3v) is 5.60. The summed E-state index contributed by atoms with van der Waals surface area (Å²) in [6, 6.07) is 8.95. The van der Waals surface area contributed by atoms with E-state index in [0.717, 1.165) is 6.54 Å². The molecule has 0 radical (unpaired) electrons. The van der Waals surface area contributed by atoms with Crippen molar-refractivity contribution in [3.63, 3.8) is 0 Å². The summed E-state index contributed by atoms with van der Waals surface area (Å²) in [4.78, 5) is 5.18. The Bertz CT molecular complexity index is 549. The highest BCUT2D eigenvalue weighted by atomic mass is 15.4. The van der Waals surface area contributed by atoms with E-state index < -0.39 is 0 Å². The van der Waals surface area contributed by atoms with Gasteiger partial charge >= 0.3 is 6.98 Å². The molecule has 0 aliphatic carbocycles. The van der Waals surface area contributed by atoms with Crippen molar-refractivity contribution in [2.75, 3.05) is 18.4 Å². The number of fused-ring (bicyclic) bond motifs is 3. The van der Waals surface area contributed by atoms with Gasteiger partial charge in [0.05, 0.1) is 6.17 Å². The van der Waals surface area contributed by atoms with Gasteiger partial charge in [-0.1, -0.05) is 72.9 Å². The standard InChI is InChI=1S/C16H27B2N3.C3H8/c1-7-12-20-17(4)19(6)15-16(2,3)13-10-8-9-11-14(13)21(15)18(20)5;1-3-2/h8-11,15H,7,12H2,1-6H3;3H2,1-2H3. The molecule has 3 nitrogen and oxygen atoms in total. The van der Waals surface area contributed by atoms with Crippen LogP contribution >= 0.6 is 0 Å². The Morgan fingerprint density at radius 2 is 1.62 bits per heavy atom. The van der Waals surface area contributed by atoms with E-state index in [-0.39, 0.29) is 5.41 Å². The molecule has 2 aliphatic rings. The highest BCUT2D eigenvalue weighted by Crippen LogP contribution is 2.48. The third kappa shape index (κ3) is 3.01. The average Bonchev–Trinajstić information content (AvgIpc) is 2.79. The van der Waals surface area contributed by atoms with E-state index >= 15 is 0 Å². The van der Waals surface area contributed by atoms with Gasteiger partial charge in [-0.2, -0.15) is 0 Å². The number of hydrogen-bond acceptors (Lipinski definition) is 3. The van der Waals surface area contributed by atoms with Crippen LogP contribution in [-0.2, 0) is 5.41 Å².